The first-order valence-corrected chi connectivity index (χ1v) is 21.6. The van der Waals surface area contributed by atoms with Crippen LogP contribution in [0.15, 0.2) is 53.3 Å². The molecule has 1 aliphatic heterocycles. The summed E-state index contributed by atoms with van der Waals surface area (Å²) in [5.41, 5.74) is -1.35. The molecule has 2 aromatic carbocycles. The van der Waals surface area contributed by atoms with Gasteiger partial charge in [-0.1, -0.05) is 24.3 Å². The Morgan fingerprint density at radius 3 is 1.56 bits per heavy atom. The topological polar surface area (TPSA) is 210 Å². The number of hydrogen-bond acceptors (Lipinski definition) is 17. The fraction of sp³-hybridized carbons (Fsp3) is 0.614. The van der Waals surface area contributed by atoms with Crippen molar-refractivity contribution in [3.05, 3.63) is 64.4 Å². The van der Waals surface area contributed by atoms with E-state index in [9.17, 15) is 27.6 Å². The van der Waals surface area contributed by atoms with E-state index in [2.05, 4.69) is 4.98 Å². The molecule has 1 atom stereocenters. The summed E-state index contributed by atoms with van der Waals surface area (Å²) in [7, 11) is 0. The van der Waals surface area contributed by atoms with Crippen LogP contribution >= 0.6 is 0 Å². The summed E-state index contributed by atoms with van der Waals surface area (Å²) >= 11 is 0. The van der Waals surface area contributed by atoms with Crippen LogP contribution in [0.2, 0.25) is 0 Å². The smallest absolute Gasteiger partial charge is 0.417 e. The van der Waals surface area contributed by atoms with Gasteiger partial charge < -0.3 is 71.7 Å². The predicted octanol–water partition coefficient (Wildman–Crippen LogP) is 3.26. The molecule has 1 saturated heterocycles. The number of alkyl halides is 3. The molecule has 1 fully saturated rings. The van der Waals surface area contributed by atoms with Crippen molar-refractivity contribution in [1.82, 2.24) is 4.98 Å². The quantitative estimate of drug-likeness (QED) is 0.0624. The maximum absolute atomic E-state index is 13.6. The van der Waals surface area contributed by atoms with E-state index >= 15 is 0 Å². The third kappa shape index (κ3) is 21.6. The van der Waals surface area contributed by atoms with Crippen molar-refractivity contribution in [3.8, 4) is 11.3 Å². The number of rotatable bonds is 38. The van der Waals surface area contributed by atoms with E-state index < -0.39 is 35.5 Å². The van der Waals surface area contributed by atoms with Crippen LogP contribution in [0.1, 0.15) is 5.56 Å². The van der Waals surface area contributed by atoms with Gasteiger partial charge in [-0.25, -0.2) is 9.59 Å². The van der Waals surface area contributed by atoms with Crippen molar-refractivity contribution in [2.24, 2.45) is 0 Å². The molecule has 0 radical (unpaired) electrons. The second kappa shape index (κ2) is 32.4. The van der Waals surface area contributed by atoms with Gasteiger partial charge >= 0.3 is 18.2 Å². The molecule has 4 rings (SSSR count). The van der Waals surface area contributed by atoms with Crippen LogP contribution in [-0.4, -0.2) is 193 Å². The highest BCUT2D eigenvalue weighted by Gasteiger charge is 2.35. The summed E-state index contributed by atoms with van der Waals surface area (Å²) in [5.74, 6) is -0.664. The largest absolute Gasteiger partial charge is 0.460 e. The lowest BCUT2D eigenvalue weighted by molar-refractivity contribution is -0.151. The number of carbonyl (C=O) groups excluding carboxylic acids is 2. The molecule has 22 heteroatoms. The molecule has 2 N–H and O–H groups in total. The van der Waals surface area contributed by atoms with Gasteiger partial charge in [0, 0.05) is 22.3 Å². The van der Waals surface area contributed by atoms with Crippen molar-refractivity contribution in [2.45, 2.75) is 12.3 Å². The molecule has 66 heavy (non-hydrogen) atoms. The first kappa shape index (κ1) is 54.3. The van der Waals surface area contributed by atoms with E-state index in [1.807, 2.05) is 0 Å². The maximum atomic E-state index is 13.6. The Balaban J connectivity index is 0.894. The van der Waals surface area contributed by atoms with Crippen molar-refractivity contribution < 1.29 is 89.4 Å². The van der Waals surface area contributed by atoms with Crippen LogP contribution in [0, 0.1) is 0 Å². The molecule has 19 nitrogen and oxygen atoms in total. The number of nitrogens with one attached hydrogen (secondary N) is 1. The zero-order valence-corrected chi connectivity index (χ0v) is 36.9. The number of aliphatic hydroxyl groups excluding tert-OH is 1. The van der Waals surface area contributed by atoms with Crippen LogP contribution in [0.5, 0.6) is 0 Å². The second-order valence-corrected chi connectivity index (χ2v) is 14.0. The molecule has 1 amide bonds. The molecule has 2 heterocycles. The van der Waals surface area contributed by atoms with Gasteiger partial charge in [-0.15, -0.1) is 0 Å². The van der Waals surface area contributed by atoms with Crippen LogP contribution in [0.3, 0.4) is 0 Å². The standard InChI is InChI=1S/C44H61F3N2O17/c45-44(46,47)39-4-2-1-3-37(39)40-29-34-5-6-35(30-38(34)42(52)48-40)49-31-36(66-43(49)53)32-65-41(51)33-64-28-27-63-26-25-62-24-23-61-22-21-60-20-19-59-18-17-58-16-15-57-14-13-56-12-11-55-10-9-54-8-7-50/h1-6,29-30,36,50H,7-28,31-33H2,(H,48,52)/t36-/m0/s1. The van der Waals surface area contributed by atoms with Gasteiger partial charge in [0.05, 0.1) is 157 Å². The number of nitrogens with zero attached hydrogens (tertiary/aromatic N) is 1. The van der Waals surface area contributed by atoms with Crippen LogP contribution in [0.4, 0.5) is 23.7 Å². The molecule has 0 spiro atoms. The lowest BCUT2D eigenvalue weighted by atomic mass is 10.0. The number of halogens is 3. The van der Waals surface area contributed by atoms with E-state index in [4.69, 9.17) is 66.7 Å². The fourth-order valence-corrected chi connectivity index (χ4v) is 5.99. The Kier molecular flexibility index (Phi) is 26.7. The number of H-pyrrole nitrogens is 1. The van der Waals surface area contributed by atoms with Gasteiger partial charge in [0.25, 0.3) is 5.56 Å². The van der Waals surface area contributed by atoms with Crippen molar-refractivity contribution in [1.29, 1.82) is 0 Å². The van der Waals surface area contributed by atoms with E-state index in [-0.39, 0.29) is 56.2 Å². The lowest BCUT2D eigenvalue weighted by Gasteiger charge is -2.15. The number of pyridine rings is 1. The van der Waals surface area contributed by atoms with E-state index in [0.29, 0.717) is 137 Å². The molecular formula is C44H61F3N2O17. The molecule has 0 unspecified atom stereocenters. The number of benzene rings is 2. The van der Waals surface area contributed by atoms with Gasteiger partial charge in [0.1, 0.15) is 13.2 Å². The highest BCUT2D eigenvalue weighted by Crippen LogP contribution is 2.37. The molecule has 0 aliphatic carbocycles. The Morgan fingerprint density at radius 1 is 0.636 bits per heavy atom. The minimum atomic E-state index is -4.62. The number of aliphatic hydroxyl groups is 1. The highest BCUT2D eigenvalue weighted by atomic mass is 19.4. The normalized spacial score (nSPS) is 14.1. The predicted molar refractivity (Wildman–Crippen MR) is 230 cm³/mol. The average molecular weight is 947 g/mol. The monoisotopic (exact) mass is 946 g/mol. The first-order valence-electron chi connectivity index (χ1n) is 21.6. The van der Waals surface area contributed by atoms with Crippen molar-refractivity contribution >= 4 is 28.5 Å². The van der Waals surface area contributed by atoms with Crippen molar-refractivity contribution in [3.63, 3.8) is 0 Å². The molecule has 1 aliphatic rings. The van der Waals surface area contributed by atoms with Gasteiger partial charge in [-0.05, 0) is 29.7 Å². The summed E-state index contributed by atoms with van der Waals surface area (Å²) in [6, 6.07) is 10.9. The summed E-state index contributed by atoms with van der Waals surface area (Å²) < 4.78 is 111. The molecule has 0 bridgehead atoms. The number of carbonyl (C=O) groups is 2. The number of aromatic amines is 1. The zero-order chi connectivity index (χ0) is 47.1. The fourth-order valence-electron chi connectivity index (χ4n) is 5.99. The minimum absolute atomic E-state index is 0.00391. The lowest BCUT2D eigenvalue weighted by Crippen LogP contribution is -2.27. The summed E-state index contributed by atoms with van der Waals surface area (Å²) in [6.07, 6.45) is -6.12. The number of aromatic nitrogens is 1. The minimum Gasteiger partial charge on any atom is -0.460 e. The van der Waals surface area contributed by atoms with Crippen LogP contribution < -0.4 is 10.5 Å². The summed E-state index contributed by atoms with van der Waals surface area (Å²) in [6.45, 7) is 7.97. The van der Waals surface area contributed by atoms with Gasteiger partial charge in [-0.3, -0.25) is 9.69 Å². The van der Waals surface area contributed by atoms with E-state index in [0.717, 1.165) is 6.07 Å². The highest BCUT2D eigenvalue weighted by molar-refractivity contribution is 5.95. The first-order chi connectivity index (χ1) is 32.2. The number of anilines is 1. The molecule has 370 valence electrons. The maximum Gasteiger partial charge on any atom is 0.417 e. The number of ether oxygens (including phenoxy) is 13. The Labute approximate surface area is 380 Å². The summed E-state index contributed by atoms with van der Waals surface area (Å²) in [4.78, 5) is 41.6. The van der Waals surface area contributed by atoms with Crippen LogP contribution in [0.25, 0.3) is 22.0 Å². The molecular weight excluding hydrogens is 885 g/mol. The number of fused-ring (bicyclic) bond motifs is 1. The molecule has 1 aromatic heterocycles. The van der Waals surface area contributed by atoms with Gasteiger partial charge in [0.2, 0.25) is 0 Å². The van der Waals surface area contributed by atoms with Crippen LogP contribution in [-0.2, 0) is 72.6 Å². The summed E-state index contributed by atoms with van der Waals surface area (Å²) in [5, 5.41) is 9.14. The third-order valence-electron chi connectivity index (χ3n) is 9.14. The van der Waals surface area contributed by atoms with Gasteiger partial charge in [-0.2, -0.15) is 13.2 Å². The number of amides is 1. The molecule has 3 aromatic rings. The molecule has 0 saturated carbocycles. The Morgan fingerprint density at radius 2 is 1.09 bits per heavy atom. The number of cyclic esters (lactones) is 1. The van der Waals surface area contributed by atoms with E-state index in [1.165, 1.54) is 41.3 Å². The number of hydrogen-bond donors (Lipinski definition) is 2. The second-order valence-electron chi connectivity index (χ2n) is 14.0. The van der Waals surface area contributed by atoms with Gasteiger partial charge in [0.15, 0.2) is 6.10 Å². The SMILES string of the molecule is O=C(COCCOCCOCCOCCOCCOCCOCCOCCOCCOCCOCCO)OC[C@@H]1CN(c2ccc3cc(-c4ccccc4C(F)(F)F)[nH]c(=O)c3c2)C(=O)O1. The third-order valence-corrected chi connectivity index (χ3v) is 9.14. The Hall–Kier alpha value is -4.30. The van der Waals surface area contributed by atoms with Crippen molar-refractivity contribution in [2.75, 3.05) is 170 Å². The van der Waals surface area contributed by atoms with E-state index in [1.54, 1.807) is 6.07 Å². The average Bonchev–Trinajstić information content (AvgIpc) is 3.69. The number of esters is 1. The Bertz CT molecular complexity index is 1870. The zero-order valence-electron chi connectivity index (χ0n) is 36.9.